The number of nitrogen functional groups attached to an aromatic ring is 1. The zero-order valence-corrected chi connectivity index (χ0v) is 14.5. The molecule has 1 aromatic rings. The second kappa shape index (κ2) is 6.72. The van der Waals surface area contributed by atoms with Crippen molar-refractivity contribution in [2.45, 2.75) is 11.4 Å². The fourth-order valence-electron chi connectivity index (χ4n) is 2.44. The first-order chi connectivity index (χ1) is 11.9. The summed E-state index contributed by atoms with van der Waals surface area (Å²) >= 11 is 2.49. The van der Waals surface area contributed by atoms with Gasteiger partial charge in [0, 0.05) is 11.1 Å². The van der Waals surface area contributed by atoms with Crippen LogP contribution in [0.2, 0.25) is 0 Å². The molecule has 132 valence electrons. The van der Waals surface area contributed by atoms with E-state index in [1.165, 1.54) is 24.9 Å². The molecule has 1 saturated heterocycles. The van der Waals surface area contributed by atoms with E-state index < -0.39 is 29.2 Å². The molecule has 1 aromatic heterocycles. The third-order valence-electron chi connectivity index (χ3n) is 3.51. The van der Waals surface area contributed by atoms with E-state index in [9.17, 15) is 14.4 Å². The van der Waals surface area contributed by atoms with Crippen molar-refractivity contribution in [1.82, 2.24) is 15.2 Å². The summed E-state index contributed by atoms with van der Waals surface area (Å²) in [5, 5.41) is 16.7. The fourth-order valence-corrected chi connectivity index (χ4v) is 4.18. The molecule has 2 atom stereocenters. The molecule has 3 rings (SSSR count). The van der Waals surface area contributed by atoms with E-state index in [0.717, 1.165) is 16.2 Å². The quantitative estimate of drug-likeness (QED) is 0.348. The van der Waals surface area contributed by atoms with E-state index in [4.69, 9.17) is 10.8 Å². The second-order valence-electron chi connectivity index (χ2n) is 4.97. The summed E-state index contributed by atoms with van der Waals surface area (Å²) in [7, 11) is 1.28. The van der Waals surface area contributed by atoms with Crippen molar-refractivity contribution in [3.8, 4) is 0 Å². The van der Waals surface area contributed by atoms with Crippen LogP contribution in [-0.2, 0) is 19.2 Å². The number of hydrogen-bond donors (Lipinski definition) is 3. The number of aromatic nitrogens is 1. The number of carbonyl (C=O) groups excluding carboxylic acids is 2. The minimum atomic E-state index is -1.18. The van der Waals surface area contributed by atoms with Gasteiger partial charge in [-0.1, -0.05) is 5.16 Å². The highest BCUT2D eigenvalue weighted by molar-refractivity contribution is 8.00. The lowest BCUT2D eigenvalue weighted by molar-refractivity contribution is -0.150. The molecule has 0 saturated carbocycles. The van der Waals surface area contributed by atoms with Gasteiger partial charge in [0.15, 0.2) is 10.8 Å². The summed E-state index contributed by atoms with van der Waals surface area (Å²) in [5.74, 6) is -1.89. The number of amides is 2. The number of nitrogens with zero attached hydrogens (tertiary/aromatic N) is 3. The number of hydrogen-bond acceptors (Lipinski definition) is 9. The van der Waals surface area contributed by atoms with Crippen LogP contribution in [0.5, 0.6) is 0 Å². The molecule has 0 spiro atoms. The molecular weight excluding hydrogens is 370 g/mol. The van der Waals surface area contributed by atoms with Gasteiger partial charge in [-0.2, -0.15) is 0 Å². The third-order valence-corrected chi connectivity index (χ3v) is 5.37. The van der Waals surface area contributed by atoms with Gasteiger partial charge in [-0.15, -0.1) is 23.1 Å². The normalized spacial score (nSPS) is 22.6. The maximum atomic E-state index is 12.5. The van der Waals surface area contributed by atoms with Gasteiger partial charge in [-0.05, 0) is 6.08 Å². The Morgan fingerprint density at radius 2 is 2.32 bits per heavy atom. The highest BCUT2D eigenvalue weighted by Gasteiger charge is 2.53. The number of oxime groups is 1. The van der Waals surface area contributed by atoms with Crippen LogP contribution in [0.4, 0.5) is 5.13 Å². The molecule has 10 nitrogen and oxygen atoms in total. The number of fused-ring (bicyclic) bond motifs is 1. The Bertz CT molecular complexity index is 804. The SMILES string of the molecule is CO/N=C(\C(=O)N[C@H]1C(=O)N2C(C(=O)O)=CCS[C@@H]12)c1csc(N)n1. The maximum Gasteiger partial charge on any atom is 0.352 e. The van der Waals surface area contributed by atoms with Gasteiger partial charge in [0.1, 0.15) is 29.9 Å². The van der Waals surface area contributed by atoms with E-state index >= 15 is 0 Å². The molecule has 2 amide bonds. The number of anilines is 1. The molecule has 4 N–H and O–H groups in total. The first-order valence-corrected chi connectivity index (χ1v) is 8.88. The summed E-state index contributed by atoms with van der Waals surface area (Å²) in [6.07, 6.45) is 1.47. The number of carboxylic acid groups (broad SMARTS) is 1. The molecule has 0 unspecified atom stereocenters. The Labute approximate surface area is 149 Å². The number of β-lactam (4-membered cyclic amide) rings is 1. The lowest BCUT2D eigenvalue weighted by Gasteiger charge is -2.48. The highest BCUT2D eigenvalue weighted by Crippen LogP contribution is 2.37. The number of thiazole rings is 1. The van der Waals surface area contributed by atoms with Crippen LogP contribution in [-0.4, -0.2) is 62.8 Å². The summed E-state index contributed by atoms with van der Waals surface area (Å²) in [6, 6.07) is -0.849. The van der Waals surface area contributed by atoms with Crippen LogP contribution < -0.4 is 11.1 Å². The van der Waals surface area contributed by atoms with Gasteiger partial charge in [0.25, 0.3) is 11.8 Å². The van der Waals surface area contributed by atoms with Gasteiger partial charge in [-0.25, -0.2) is 9.78 Å². The summed E-state index contributed by atoms with van der Waals surface area (Å²) in [5.41, 5.74) is 5.60. The lowest BCUT2D eigenvalue weighted by Crippen LogP contribution is -2.70. The molecule has 0 bridgehead atoms. The van der Waals surface area contributed by atoms with Crippen LogP contribution in [0, 0.1) is 0 Å². The van der Waals surface area contributed by atoms with Crippen molar-refractivity contribution < 1.29 is 24.3 Å². The Kier molecular flexibility index (Phi) is 4.63. The van der Waals surface area contributed by atoms with E-state index in [1.807, 2.05) is 0 Å². The number of carbonyl (C=O) groups is 3. The lowest BCUT2D eigenvalue weighted by atomic mass is 10.0. The molecule has 0 aliphatic carbocycles. The second-order valence-corrected chi connectivity index (χ2v) is 7.01. The summed E-state index contributed by atoms with van der Waals surface area (Å²) < 4.78 is 0. The number of nitrogens with two attached hydrogens (primary N) is 1. The zero-order chi connectivity index (χ0) is 18.1. The van der Waals surface area contributed by atoms with Crippen LogP contribution >= 0.6 is 23.1 Å². The Morgan fingerprint density at radius 3 is 2.92 bits per heavy atom. The molecule has 2 aliphatic rings. The van der Waals surface area contributed by atoms with E-state index in [-0.39, 0.29) is 22.2 Å². The molecule has 3 heterocycles. The van der Waals surface area contributed by atoms with E-state index in [0.29, 0.717) is 5.75 Å². The topological polar surface area (TPSA) is 147 Å². The molecule has 0 radical (unpaired) electrons. The molecular formula is C13H13N5O5S2. The predicted octanol–water partition coefficient (Wildman–Crippen LogP) is -0.556. The maximum absolute atomic E-state index is 12.5. The monoisotopic (exact) mass is 383 g/mol. The van der Waals surface area contributed by atoms with Gasteiger partial charge in [0.2, 0.25) is 0 Å². The average Bonchev–Trinajstić information content (AvgIpc) is 3.02. The van der Waals surface area contributed by atoms with Gasteiger partial charge >= 0.3 is 5.97 Å². The average molecular weight is 383 g/mol. The van der Waals surface area contributed by atoms with Crippen LogP contribution in [0.15, 0.2) is 22.3 Å². The third kappa shape index (κ3) is 3.05. The fraction of sp³-hybridized carbons (Fsp3) is 0.308. The number of aliphatic carboxylic acids is 1. The van der Waals surface area contributed by atoms with Crippen molar-refractivity contribution >= 4 is 51.7 Å². The van der Waals surface area contributed by atoms with Crippen LogP contribution in [0.1, 0.15) is 5.69 Å². The number of nitrogens with one attached hydrogen (secondary N) is 1. The van der Waals surface area contributed by atoms with E-state index in [2.05, 4.69) is 20.3 Å². The molecule has 12 heteroatoms. The highest BCUT2D eigenvalue weighted by atomic mass is 32.2. The minimum Gasteiger partial charge on any atom is -0.477 e. The van der Waals surface area contributed by atoms with Crippen molar-refractivity contribution in [1.29, 1.82) is 0 Å². The van der Waals surface area contributed by atoms with Crippen molar-refractivity contribution in [3.63, 3.8) is 0 Å². The molecule has 25 heavy (non-hydrogen) atoms. The first-order valence-electron chi connectivity index (χ1n) is 6.95. The predicted molar refractivity (Wildman–Crippen MR) is 90.8 cm³/mol. The number of thioether (sulfide) groups is 1. The van der Waals surface area contributed by atoms with Crippen LogP contribution in [0.25, 0.3) is 0 Å². The largest absolute Gasteiger partial charge is 0.477 e. The molecule has 0 aromatic carbocycles. The summed E-state index contributed by atoms with van der Waals surface area (Å²) in [6.45, 7) is 0. The molecule has 2 aliphatic heterocycles. The van der Waals surface area contributed by atoms with Crippen molar-refractivity contribution in [3.05, 3.63) is 22.8 Å². The Balaban J connectivity index is 1.75. The standard InChI is InChI=1S/C13H13N5O5S2/c1-23-17-7(5-4-25-13(14)15-5)9(19)16-8-10(20)18-6(12(21)22)2-3-24-11(8)18/h2,4,8,11H,3H2,1H3,(H2,14,15)(H,16,19)(H,21,22)/b17-7-/t8-,11-/m0/s1. The Morgan fingerprint density at radius 1 is 1.56 bits per heavy atom. The van der Waals surface area contributed by atoms with Crippen molar-refractivity contribution in [2.24, 2.45) is 5.16 Å². The Hall–Kier alpha value is -2.60. The summed E-state index contributed by atoms with van der Waals surface area (Å²) in [4.78, 5) is 45.7. The first kappa shape index (κ1) is 17.2. The minimum absolute atomic E-state index is 0.0719. The van der Waals surface area contributed by atoms with E-state index in [1.54, 1.807) is 5.38 Å². The van der Waals surface area contributed by atoms with Crippen LogP contribution in [0.3, 0.4) is 0 Å². The smallest absolute Gasteiger partial charge is 0.352 e. The molecule has 1 fully saturated rings. The number of carboxylic acids is 1. The van der Waals surface area contributed by atoms with Gasteiger partial charge in [0.05, 0.1) is 0 Å². The number of rotatable bonds is 5. The van der Waals surface area contributed by atoms with Crippen molar-refractivity contribution in [2.75, 3.05) is 18.6 Å². The van der Waals surface area contributed by atoms with Gasteiger partial charge < -0.3 is 21.0 Å². The van der Waals surface area contributed by atoms with Gasteiger partial charge in [-0.3, -0.25) is 14.5 Å². The zero-order valence-electron chi connectivity index (χ0n) is 12.8.